The van der Waals surface area contributed by atoms with Gasteiger partial charge in [0.1, 0.15) is 0 Å². The standard InChI is InChI=1S/C13H17N3O4/c1-13(2)4-9(17)16(10(18)5-13)11(12(19)20)8-6-14-15(3)7-8/h6-7,11H,4-5H2,1-3H3,(H,19,20). The first kappa shape index (κ1) is 14.2. The highest BCUT2D eigenvalue weighted by molar-refractivity contribution is 6.02. The van der Waals surface area contributed by atoms with Crippen molar-refractivity contribution < 1.29 is 19.5 Å². The smallest absolute Gasteiger partial charge is 0.331 e. The van der Waals surface area contributed by atoms with Crippen molar-refractivity contribution in [3.05, 3.63) is 18.0 Å². The molecule has 2 rings (SSSR count). The van der Waals surface area contributed by atoms with Crippen molar-refractivity contribution in [2.45, 2.75) is 32.7 Å². The summed E-state index contributed by atoms with van der Waals surface area (Å²) >= 11 is 0. The van der Waals surface area contributed by atoms with Gasteiger partial charge in [0.05, 0.1) is 6.20 Å². The van der Waals surface area contributed by atoms with Crippen molar-refractivity contribution in [1.82, 2.24) is 14.7 Å². The molecule has 7 nitrogen and oxygen atoms in total. The molecule has 0 spiro atoms. The number of carbonyl (C=O) groups excluding carboxylic acids is 2. The van der Waals surface area contributed by atoms with Crippen molar-refractivity contribution in [3.63, 3.8) is 0 Å². The number of piperidine rings is 1. The third kappa shape index (κ3) is 2.56. The van der Waals surface area contributed by atoms with Gasteiger partial charge in [-0.3, -0.25) is 19.2 Å². The molecule has 108 valence electrons. The highest BCUT2D eigenvalue weighted by Crippen LogP contribution is 2.35. The van der Waals surface area contributed by atoms with Gasteiger partial charge in [-0.25, -0.2) is 4.79 Å². The maximum absolute atomic E-state index is 12.2. The van der Waals surface area contributed by atoms with Gasteiger partial charge in [0.15, 0.2) is 6.04 Å². The van der Waals surface area contributed by atoms with E-state index in [9.17, 15) is 19.5 Å². The zero-order valence-corrected chi connectivity index (χ0v) is 11.7. The summed E-state index contributed by atoms with van der Waals surface area (Å²) in [5.41, 5.74) is -0.107. The minimum absolute atomic E-state index is 0.156. The second-order valence-electron chi connectivity index (χ2n) is 5.86. The van der Waals surface area contributed by atoms with Crippen LogP contribution in [0.4, 0.5) is 0 Å². The lowest BCUT2D eigenvalue weighted by atomic mass is 9.81. The highest BCUT2D eigenvalue weighted by atomic mass is 16.4. The number of likely N-dealkylation sites (tertiary alicyclic amines) is 1. The Balaban J connectivity index is 2.38. The van der Waals surface area contributed by atoms with Crippen LogP contribution >= 0.6 is 0 Å². The van der Waals surface area contributed by atoms with Crippen LogP contribution in [0.1, 0.15) is 38.3 Å². The molecular weight excluding hydrogens is 262 g/mol. The fourth-order valence-electron chi connectivity index (χ4n) is 2.46. The number of nitrogens with zero attached hydrogens (tertiary/aromatic N) is 3. The van der Waals surface area contributed by atoms with Gasteiger partial charge in [-0.2, -0.15) is 5.10 Å². The van der Waals surface area contributed by atoms with Crippen LogP contribution in [0.15, 0.2) is 12.4 Å². The average Bonchev–Trinajstić information content (AvgIpc) is 2.67. The maximum Gasteiger partial charge on any atom is 0.331 e. The molecular formula is C13H17N3O4. The third-order valence-corrected chi connectivity index (χ3v) is 3.33. The molecule has 2 amide bonds. The van der Waals surface area contributed by atoms with Gasteiger partial charge in [-0.05, 0) is 5.41 Å². The number of carboxylic acids is 1. The number of hydrogen-bond donors (Lipinski definition) is 1. The minimum Gasteiger partial charge on any atom is -0.479 e. The Morgan fingerprint density at radius 2 is 1.90 bits per heavy atom. The van der Waals surface area contributed by atoms with Crippen LogP contribution in [-0.4, -0.2) is 37.6 Å². The molecule has 0 aliphatic carbocycles. The molecule has 1 aliphatic rings. The first-order valence-electron chi connectivity index (χ1n) is 6.27. The molecule has 1 aromatic heterocycles. The van der Waals surface area contributed by atoms with Crippen molar-refractivity contribution >= 4 is 17.8 Å². The number of amides is 2. The quantitative estimate of drug-likeness (QED) is 0.823. The first-order chi connectivity index (χ1) is 9.21. The van der Waals surface area contributed by atoms with E-state index in [1.807, 2.05) is 13.8 Å². The molecule has 0 bridgehead atoms. The van der Waals surface area contributed by atoms with Crippen LogP contribution in [0.3, 0.4) is 0 Å². The molecule has 1 unspecified atom stereocenters. The number of hydrogen-bond acceptors (Lipinski definition) is 4. The molecule has 1 saturated heterocycles. The summed E-state index contributed by atoms with van der Waals surface area (Å²) in [4.78, 5) is 36.7. The van der Waals surface area contributed by atoms with Gasteiger partial charge in [0.2, 0.25) is 11.8 Å². The van der Waals surface area contributed by atoms with Crippen molar-refractivity contribution in [3.8, 4) is 0 Å². The Labute approximate surface area is 116 Å². The second-order valence-corrected chi connectivity index (χ2v) is 5.86. The van der Waals surface area contributed by atoms with E-state index >= 15 is 0 Å². The van der Waals surface area contributed by atoms with E-state index in [0.717, 1.165) is 4.90 Å². The number of carboxylic acid groups (broad SMARTS) is 1. The largest absolute Gasteiger partial charge is 0.479 e. The molecule has 1 fully saturated rings. The lowest BCUT2D eigenvalue weighted by Gasteiger charge is -2.37. The summed E-state index contributed by atoms with van der Waals surface area (Å²) in [6, 6.07) is -1.31. The number of aryl methyl sites for hydroxylation is 1. The Morgan fingerprint density at radius 3 is 2.30 bits per heavy atom. The fourth-order valence-corrected chi connectivity index (χ4v) is 2.46. The molecule has 7 heteroatoms. The van der Waals surface area contributed by atoms with Crippen molar-refractivity contribution in [2.24, 2.45) is 12.5 Å². The molecule has 0 saturated carbocycles. The van der Waals surface area contributed by atoms with Gasteiger partial charge >= 0.3 is 5.97 Å². The van der Waals surface area contributed by atoms with Gasteiger partial charge in [-0.15, -0.1) is 0 Å². The monoisotopic (exact) mass is 279 g/mol. The number of imide groups is 1. The number of aliphatic carboxylic acids is 1. The van der Waals surface area contributed by atoms with Crippen LogP contribution in [0.5, 0.6) is 0 Å². The zero-order chi connectivity index (χ0) is 15.1. The Bertz CT molecular complexity index is 556. The molecule has 1 aliphatic heterocycles. The molecule has 1 atom stereocenters. The predicted molar refractivity (Wildman–Crippen MR) is 68.5 cm³/mol. The van der Waals surface area contributed by atoms with E-state index in [1.54, 1.807) is 7.05 Å². The third-order valence-electron chi connectivity index (χ3n) is 3.33. The Hall–Kier alpha value is -2.18. The van der Waals surface area contributed by atoms with Crippen molar-refractivity contribution in [1.29, 1.82) is 0 Å². The zero-order valence-electron chi connectivity index (χ0n) is 11.7. The number of rotatable bonds is 3. The van der Waals surface area contributed by atoms with Crippen LogP contribution in [0.2, 0.25) is 0 Å². The molecule has 0 aromatic carbocycles. The van der Waals surface area contributed by atoms with Crippen molar-refractivity contribution in [2.75, 3.05) is 0 Å². The summed E-state index contributed by atoms with van der Waals surface area (Å²) in [7, 11) is 1.64. The second kappa shape index (κ2) is 4.73. The minimum atomic E-state index is -1.31. The SMILES string of the molecule is Cn1cc(C(C(=O)O)N2C(=O)CC(C)(C)CC2=O)cn1. The summed E-state index contributed by atoms with van der Waals surface area (Å²) in [5.74, 6) is -2.15. The first-order valence-corrected chi connectivity index (χ1v) is 6.27. The van der Waals surface area contributed by atoms with Gasteiger partial charge in [-0.1, -0.05) is 13.8 Å². The number of aromatic nitrogens is 2. The lowest BCUT2D eigenvalue weighted by Crippen LogP contribution is -2.49. The molecule has 1 aromatic rings. The summed E-state index contributed by atoms with van der Waals surface area (Å²) in [5, 5.41) is 13.3. The molecule has 2 heterocycles. The van der Waals surface area contributed by atoms with Gasteiger partial charge in [0, 0.05) is 31.6 Å². The van der Waals surface area contributed by atoms with E-state index in [1.165, 1.54) is 17.1 Å². The van der Waals surface area contributed by atoms with E-state index in [2.05, 4.69) is 5.10 Å². The molecule has 0 radical (unpaired) electrons. The lowest BCUT2D eigenvalue weighted by molar-refractivity contribution is -0.164. The molecule has 20 heavy (non-hydrogen) atoms. The van der Waals surface area contributed by atoms with Crippen LogP contribution in [0, 0.1) is 5.41 Å². The van der Waals surface area contributed by atoms with Gasteiger partial charge in [0.25, 0.3) is 0 Å². The summed E-state index contributed by atoms with van der Waals surface area (Å²) < 4.78 is 1.44. The number of carbonyl (C=O) groups is 3. The van der Waals surface area contributed by atoms with Crippen LogP contribution < -0.4 is 0 Å². The highest BCUT2D eigenvalue weighted by Gasteiger charge is 2.44. The summed E-state index contributed by atoms with van der Waals surface area (Å²) in [6.07, 6.45) is 3.17. The normalized spacial score (nSPS) is 20.1. The van der Waals surface area contributed by atoms with E-state index in [0.29, 0.717) is 5.56 Å². The van der Waals surface area contributed by atoms with Gasteiger partial charge < -0.3 is 5.11 Å². The van der Waals surface area contributed by atoms with Crippen LogP contribution in [0.25, 0.3) is 0 Å². The predicted octanol–water partition coefficient (Wildman–Crippen LogP) is 0.721. The topological polar surface area (TPSA) is 92.5 Å². The van der Waals surface area contributed by atoms with E-state index in [4.69, 9.17) is 0 Å². The summed E-state index contributed by atoms with van der Waals surface area (Å²) in [6.45, 7) is 3.64. The Kier molecular flexibility index (Phi) is 3.37. The van der Waals surface area contributed by atoms with Crippen LogP contribution in [-0.2, 0) is 21.4 Å². The Morgan fingerprint density at radius 1 is 1.35 bits per heavy atom. The average molecular weight is 279 g/mol. The molecule has 1 N–H and O–H groups in total. The fraction of sp³-hybridized carbons (Fsp3) is 0.538. The maximum atomic E-state index is 12.2. The van der Waals surface area contributed by atoms with E-state index < -0.39 is 29.2 Å². The van der Waals surface area contributed by atoms with E-state index in [-0.39, 0.29) is 12.8 Å².